The average molecular weight is 320 g/mol. The highest BCUT2D eigenvalue weighted by Crippen LogP contribution is 2.18. The minimum Gasteiger partial charge on any atom is -0.399 e. The Kier molecular flexibility index (Phi) is 5.01. The number of nitrogens with one attached hydrogen (secondary N) is 2. The van der Waals surface area contributed by atoms with Crippen LogP contribution in [-0.2, 0) is 10.0 Å². The summed E-state index contributed by atoms with van der Waals surface area (Å²) >= 11 is 5.92. The largest absolute Gasteiger partial charge is 0.399 e. The lowest BCUT2D eigenvalue weighted by atomic mass is 10.1. The summed E-state index contributed by atoms with van der Waals surface area (Å²) in [7, 11) is -3.36. The fourth-order valence-corrected chi connectivity index (χ4v) is 2.93. The predicted molar refractivity (Wildman–Crippen MR) is 80.3 cm³/mol. The van der Waals surface area contributed by atoms with E-state index in [4.69, 9.17) is 17.3 Å². The summed E-state index contributed by atoms with van der Waals surface area (Å²) in [4.78, 5) is 12.0. The van der Waals surface area contributed by atoms with E-state index in [0.717, 1.165) is 6.26 Å². The topological polar surface area (TPSA) is 101 Å². The van der Waals surface area contributed by atoms with Crippen LogP contribution in [0.25, 0.3) is 0 Å². The second kappa shape index (κ2) is 5.99. The number of anilines is 1. The molecule has 0 aliphatic carbocycles. The highest BCUT2D eigenvalue weighted by Gasteiger charge is 2.23. The molecule has 1 amide bonds. The van der Waals surface area contributed by atoms with Crippen LogP contribution in [0.1, 0.15) is 24.2 Å². The van der Waals surface area contributed by atoms with Crippen LogP contribution in [0.2, 0.25) is 5.02 Å². The molecule has 1 aromatic carbocycles. The molecule has 20 heavy (non-hydrogen) atoms. The van der Waals surface area contributed by atoms with Crippen LogP contribution in [0.5, 0.6) is 0 Å². The Balaban J connectivity index is 2.75. The molecule has 8 heteroatoms. The van der Waals surface area contributed by atoms with Gasteiger partial charge in [0.25, 0.3) is 5.91 Å². The van der Waals surface area contributed by atoms with Crippen molar-refractivity contribution < 1.29 is 13.2 Å². The Hall–Kier alpha value is -1.31. The van der Waals surface area contributed by atoms with Crippen molar-refractivity contribution in [2.24, 2.45) is 0 Å². The van der Waals surface area contributed by atoms with Gasteiger partial charge < -0.3 is 11.1 Å². The van der Waals surface area contributed by atoms with Gasteiger partial charge in [0.2, 0.25) is 10.0 Å². The van der Waals surface area contributed by atoms with E-state index in [-0.39, 0.29) is 17.1 Å². The van der Waals surface area contributed by atoms with Crippen molar-refractivity contribution in [2.75, 3.05) is 18.5 Å². The van der Waals surface area contributed by atoms with E-state index in [1.54, 1.807) is 19.9 Å². The first-order chi connectivity index (χ1) is 9.00. The van der Waals surface area contributed by atoms with Gasteiger partial charge in [0, 0.05) is 17.8 Å². The van der Waals surface area contributed by atoms with Crippen molar-refractivity contribution in [1.82, 2.24) is 10.0 Å². The molecule has 0 spiro atoms. The molecule has 0 unspecified atom stereocenters. The van der Waals surface area contributed by atoms with E-state index >= 15 is 0 Å². The number of carbonyl (C=O) groups is 1. The molecule has 0 radical (unpaired) electrons. The summed E-state index contributed by atoms with van der Waals surface area (Å²) in [6.45, 7) is 3.44. The third kappa shape index (κ3) is 5.36. The number of amides is 1. The second-order valence-electron chi connectivity index (χ2n) is 5.18. The molecular weight excluding hydrogens is 302 g/mol. The maximum Gasteiger partial charge on any atom is 0.252 e. The summed E-state index contributed by atoms with van der Waals surface area (Å²) in [5, 5.41) is 2.91. The Morgan fingerprint density at radius 1 is 1.40 bits per heavy atom. The van der Waals surface area contributed by atoms with Crippen LogP contribution in [0.3, 0.4) is 0 Å². The number of rotatable bonds is 5. The van der Waals surface area contributed by atoms with Crippen LogP contribution in [0.15, 0.2) is 18.2 Å². The molecular formula is C12H18ClN3O3S. The highest BCUT2D eigenvalue weighted by atomic mass is 35.5. The molecule has 1 rings (SSSR count). The maximum absolute atomic E-state index is 12.0. The van der Waals surface area contributed by atoms with Gasteiger partial charge in [0.15, 0.2) is 0 Å². The van der Waals surface area contributed by atoms with Crippen LogP contribution >= 0.6 is 11.6 Å². The molecule has 0 saturated heterocycles. The number of nitrogen functional groups attached to an aromatic ring is 1. The molecule has 0 aliphatic heterocycles. The van der Waals surface area contributed by atoms with E-state index in [0.29, 0.717) is 5.69 Å². The third-order valence-corrected chi connectivity index (χ3v) is 3.64. The zero-order valence-corrected chi connectivity index (χ0v) is 13.1. The van der Waals surface area contributed by atoms with E-state index in [2.05, 4.69) is 10.0 Å². The zero-order chi connectivity index (χ0) is 15.6. The average Bonchev–Trinajstić information content (AvgIpc) is 2.26. The van der Waals surface area contributed by atoms with Gasteiger partial charge in [0.1, 0.15) is 0 Å². The quantitative estimate of drug-likeness (QED) is 0.704. The summed E-state index contributed by atoms with van der Waals surface area (Å²) in [6.07, 6.45) is 1.06. The molecule has 112 valence electrons. The number of sulfonamides is 1. The van der Waals surface area contributed by atoms with Crippen molar-refractivity contribution in [3.05, 3.63) is 28.8 Å². The van der Waals surface area contributed by atoms with Crippen molar-refractivity contribution >= 4 is 33.2 Å². The summed E-state index contributed by atoms with van der Waals surface area (Å²) in [5.74, 6) is -0.411. The molecule has 0 bridgehead atoms. The standard InChI is InChI=1S/C12H18ClN3O3S/c1-12(2,16-20(3,18)19)7-15-11(17)9-6-8(14)4-5-10(9)13/h4-6,16H,7,14H2,1-3H3,(H,15,17). The highest BCUT2D eigenvalue weighted by molar-refractivity contribution is 7.88. The van der Waals surface area contributed by atoms with Crippen molar-refractivity contribution in [3.8, 4) is 0 Å². The summed E-state index contributed by atoms with van der Waals surface area (Å²) in [6, 6.07) is 4.59. The number of benzene rings is 1. The van der Waals surface area contributed by atoms with Gasteiger partial charge in [-0.25, -0.2) is 13.1 Å². The zero-order valence-electron chi connectivity index (χ0n) is 11.5. The van der Waals surface area contributed by atoms with Gasteiger partial charge in [-0.2, -0.15) is 0 Å². The monoisotopic (exact) mass is 319 g/mol. The van der Waals surface area contributed by atoms with Crippen LogP contribution in [0, 0.1) is 0 Å². The minimum atomic E-state index is -3.36. The van der Waals surface area contributed by atoms with Crippen molar-refractivity contribution in [1.29, 1.82) is 0 Å². The number of hydrogen-bond donors (Lipinski definition) is 3. The Morgan fingerprint density at radius 3 is 2.55 bits per heavy atom. The van der Waals surface area contributed by atoms with E-state index in [1.165, 1.54) is 12.1 Å². The molecule has 0 aliphatic rings. The minimum absolute atomic E-state index is 0.115. The van der Waals surface area contributed by atoms with Gasteiger partial charge >= 0.3 is 0 Å². The summed E-state index contributed by atoms with van der Waals surface area (Å²) in [5.41, 5.74) is 5.47. The predicted octanol–water partition coefficient (Wildman–Crippen LogP) is 0.980. The molecule has 0 aromatic heterocycles. The fraction of sp³-hybridized carbons (Fsp3) is 0.417. The van der Waals surface area contributed by atoms with Gasteiger partial charge in [-0.05, 0) is 32.0 Å². The van der Waals surface area contributed by atoms with Crippen molar-refractivity contribution in [2.45, 2.75) is 19.4 Å². The van der Waals surface area contributed by atoms with Crippen LogP contribution in [0.4, 0.5) is 5.69 Å². The van der Waals surface area contributed by atoms with Gasteiger partial charge in [-0.15, -0.1) is 0 Å². The third-order valence-electron chi connectivity index (χ3n) is 2.39. The smallest absolute Gasteiger partial charge is 0.252 e. The lowest BCUT2D eigenvalue weighted by Crippen LogP contribution is -2.51. The first-order valence-corrected chi connectivity index (χ1v) is 8.09. The summed E-state index contributed by atoms with van der Waals surface area (Å²) < 4.78 is 24.8. The molecule has 6 nitrogen and oxygen atoms in total. The van der Waals surface area contributed by atoms with E-state index < -0.39 is 21.5 Å². The normalized spacial score (nSPS) is 12.2. The molecule has 0 fully saturated rings. The van der Waals surface area contributed by atoms with Gasteiger partial charge in [0.05, 0.1) is 16.8 Å². The Labute approximate surface area is 123 Å². The van der Waals surface area contributed by atoms with Gasteiger partial charge in [-0.3, -0.25) is 4.79 Å². The van der Waals surface area contributed by atoms with E-state index in [9.17, 15) is 13.2 Å². The number of halogens is 1. The van der Waals surface area contributed by atoms with E-state index in [1.807, 2.05) is 0 Å². The fourth-order valence-electron chi connectivity index (χ4n) is 1.65. The first kappa shape index (κ1) is 16.7. The maximum atomic E-state index is 12.0. The Bertz CT molecular complexity index is 614. The SMILES string of the molecule is CC(C)(CNC(=O)c1cc(N)ccc1Cl)NS(C)(=O)=O. The number of carbonyl (C=O) groups excluding carboxylic acids is 1. The molecule has 1 aromatic rings. The van der Waals surface area contributed by atoms with Gasteiger partial charge in [-0.1, -0.05) is 11.6 Å². The molecule has 4 N–H and O–H groups in total. The van der Waals surface area contributed by atoms with Crippen LogP contribution in [-0.4, -0.2) is 32.7 Å². The van der Waals surface area contributed by atoms with Crippen LogP contribution < -0.4 is 15.8 Å². The molecule has 0 atom stereocenters. The second-order valence-corrected chi connectivity index (χ2v) is 7.34. The molecule has 0 heterocycles. The lowest BCUT2D eigenvalue weighted by Gasteiger charge is -2.25. The lowest BCUT2D eigenvalue weighted by molar-refractivity contribution is 0.0944. The Morgan fingerprint density at radius 2 is 2.00 bits per heavy atom. The molecule has 0 saturated carbocycles. The number of nitrogens with two attached hydrogens (primary N) is 1. The first-order valence-electron chi connectivity index (χ1n) is 5.82. The van der Waals surface area contributed by atoms with Crippen molar-refractivity contribution in [3.63, 3.8) is 0 Å². The number of hydrogen-bond acceptors (Lipinski definition) is 4.